The van der Waals surface area contributed by atoms with Gasteiger partial charge in [-0.15, -0.1) is 0 Å². The number of hydrogen-bond donors (Lipinski definition) is 2. The predicted molar refractivity (Wildman–Crippen MR) is 86.0 cm³/mol. The van der Waals surface area contributed by atoms with E-state index in [4.69, 9.17) is 16.3 Å². The third-order valence-corrected chi connectivity index (χ3v) is 4.60. The molecule has 2 atom stereocenters. The minimum atomic E-state index is -0.228. The Labute approximate surface area is 135 Å². The Bertz CT molecular complexity index is 540. The van der Waals surface area contributed by atoms with Crippen molar-refractivity contribution in [3.8, 4) is 0 Å². The first-order valence-electron chi connectivity index (χ1n) is 7.70. The fourth-order valence-electron chi connectivity index (χ4n) is 2.92. The van der Waals surface area contributed by atoms with Gasteiger partial charge in [-0.2, -0.15) is 0 Å². The largest absolute Gasteiger partial charge is 0.381 e. The summed E-state index contributed by atoms with van der Waals surface area (Å²) >= 11 is 6.13. The molecule has 0 aromatic heterocycles. The second-order valence-corrected chi connectivity index (χ2v) is 6.24. The van der Waals surface area contributed by atoms with Crippen LogP contribution in [-0.4, -0.2) is 38.3 Å². The van der Waals surface area contributed by atoms with Crippen LogP contribution in [0, 0.1) is 5.82 Å². The van der Waals surface area contributed by atoms with Gasteiger partial charge >= 0.3 is 0 Å². The summed E-state index contributed by atoms with van der Waals surface area (Å²) in [5.74, 6) is 0.656. The first kappa shape index (κ1) is 15.6. The third kappa shape index (κ3) is 3.52. The monoisotopic (exact) mass is 325 g/mol. The summed E-state index contributed by atoms with van der Waals surface area (Å²) in [6.45, 7) is 1.57. The van der Waals surface area contributed by atoms with Gasteiger partial charge in [0.1, 0.15) is 5.82 Å². The standard InChI is InChI=1S/C16H21ClFN3O/c1-19-16(20-10-5-7-22-8-6-10)21-14-9-11(14)15-12(17)3-2-4-13(15)18/h2-4,10-11,14H,5-9H2,1H3,(H2,19,20,21). The van der Waals surface area contributed by atoms with Crippen LogP contribution in [0.2, 0.25) is 5.02 Å². The van der Waals surface area contributed by atoms with Gasteiger partial charge in [0.2, 0.25) is 0 Å². The minimum Gasteiger partial charge on any atom is -0.381 e. The molecule has 1 aromatic carbocycles. The number of nitrogens with one attached hydrogen (secondary N) is 2. The molecule has 1 saturated heterocycles. The molecule has 3 rings (SSSR count). The molecule has 2 unspecified atom stereocenters. The average Bonchev–Trinajstić information content (AvgIpc) is 3.26. The molecule has 1 aliphatic heterocycles. The molecule has 2 fully saturated rings. The molecule has 2 aliphatic rings. The summed E-state index contributed by atoms with van der Waals surface area (Å²) < 4.78 is 19.3. The highest BCUT2D eigenvalue weighted by Crippen LogP contribution is 2.44. The summed E-state index contributed by atoms with van der Waals surface area (Å²) in [6, 6.07) is 5.41. The van der Waals surface area contributed by atoms with Gasteiger partial charge in [-0.3, -0.25) is 4.99 Å². The molecule has 0 radical (unpaired) electrons. The molecular formula is C16H21ClFN3O. The van der Waals surface area contributed by atoms with Crippen LogP contribution < -0.4 is 10.6 Å². The average molecular weight is 326 g/mol. The van der Waals surface area contributed by atoms with Crippen LogP contribution in [0.1, 0.15) is 30.7 Å². The van der Waals surface area contributed by atoms with Crippen LogP contribution in [0.3, 0.4) is 0 Å². The summed E-state index contributed by atoms with van der Waals surface area (Å²) in [5.41, 5.74) is 0.614. The van der Waals surface area contributed by atoms with E-state index in [9.17, 15) is 4.39 Å². The fourth-order valence-corrected chi connectivity index (χ4v) is 3.22. The van der Waals surface area contributed by atoms with Gasteiger partial charge in [-0.05, 0) is 31.4 Å². The zero-order valence-corrected chi connectivity index (χ0v) is 13.4. The lowest BCUT2D eigenvalue weighted by atomic mass is 10.1. The highest BCUT2D eigenvalue weighted by molar-refractivity contribution is 6.31. The predicted octanol–water partition coefficient (Wildman–Crippen LogP) is 2.68. The number of nitrogens with zero attached hydrogens (tertiary/aromatic N) is 1. The van der Waals surface area contributed by atoms with Gasteiger partial charge in [0.05, 0.1) is 0 Å². The maximum atomic E-state index is 13.9. The molecule has 1 aromatic rings. The number of ether oxygens (including phenoxy) is 1. The van der Waals surface area contributed by atoms with E-state index < -0.39 is 0 Å². The normalized spacial score (nSPS) is 25.9. The maximum absolute atomic E-state index is 13.9. The molecule has 6 heteroatoms. The Morgan fingerprint density at radius 2 is 2.09 bits per heavy atom. The molecule has 2 N–H and O–H groups in total. The number of rotatable bonds is 3. The number of guanidine groups is 1. The second kappa shape index (κ2) is 6.84. The maximum Gasteiger partial charge on any atom is 0.191 e. The van der Waals surface area contributed by atoms with E-state index >= 15 is 0 Å². The lowest BCUT2D eigenvalue weighted by molar-refractivity contribution is 0.0822. The molecule has 0 spiro atoms. The van der Waals surface area contributed by atoms with E-state index in [0.29, 0.717) is 16.6 Å². The van der Waals surface area contributed by atoms with Gasteiger partial charge in [0, 0.05) is 48.8 Å². The zero-order chi connectivity index (χ0) is 15.5. The molecule has 22 heavy (non-hydrogen) atoms. The fraction of sp³-hybridized carbons (Fsp3) is 0.562. The molecular weight excluding hydrogens is 305 g/mol. The number of hydrogen-bond acceptors (Lipinski definition) is 2. The van der Waals surface area contributed by atoms with E-state index in [-0.39, 0.29) is 17.8 Å². The number of benzene rings is 1. The Kier molecular flexibility index (Phi) is 4.84. The SMILES string of the molecule is CN=C(NC1CCOCC1)NC1CC1c1c(F)cccc1Cl. The second-order valence-electron chi connectivity index (χ2n) is 5.83. The van der Waals surface area contributed by atoms with E-state index in [1.807, 2.05) is 0 Å². The zero-order valence-electron chi connectivity index (χ0n) is 12.6. The summed E-state index contributed by atoms with van der Waals surface area (Å²) in [4.78, 5) is 4.26. The van der Waals surface area contributed by atoms with Crippen LogP contribution >= 0.6 is 11.6 Å². The Morgan fingerprint density at radius 1 is 1.32 bits per heavy atom. The van der Waals surface area contributed by atoms with E-state index in [0.717, 1.165) is 38.4 Å². The summed E-state index contributed by atoms with van der Waals surface area (Å²) in [6.07, 6.45) is 2.83. The van der Waals surface area contributed by atoms with Crippen molar-refractivity contribution in [2.45, 2.75) is 37.3 Å². The van der Waals surface area contributed by atoms with Crippen molar-refractivity contribution in [2.24, 2.45) is 4.99 Å². The molecule has 0 amide bonds. The Morgan fingerprint density at radius 3 is 2.77 bits per heavy atom. The van der Waals surface area contributed by atoms with Gasteiger partial charge in [-0.25, -0.2) is 4.39 Å². The Hall–Kier alpha value is -1.33. The lowest BCUT2D eigenvalue weighted by Gasteiger charge is -2.25. The molecule has 4 nitrogen and oxygen atoms in total. The first-order chi connectivity index (χ1) is 10.7. The van der Waals surface area contributed by atoms with Gasteiger partial charge in [-0.1, -0.05) is 17.7 Å². The van der Waals surface area contributed by atoms with E-state index in [2.05, 4.69) is 15.6 Å². The van der Waals surface area contributed by atoms with Crippen molar-refractivity contribution in [2.75, 3.05) is 20.3 Å². The lowest BCUT2D eigenvalue weighted by Crippen LogP contribution is -2.46. The van der Waals surface area contributed by atoms with E-state index in [1.165, 1.54) is 6.07 Å². The minimum absolute atomic E-state index is 0.113. The molecule has 1 saturated carbocycles. The highest BCUT2D eigenvalue weighted by atomic mass is 35.5. The molecule has 120 valence electrons. The molecule has 1 aliphatic carbocycles. The van der Waals surface area contributed by atoms with Crippen molar-refractivity contribution in [1.82, 2.24) is 10.6 Å². The van der Waals surface area contributed by atoms with Crippen LogP contribution in [0.4, 0.5) is 4.39 Å². The van der Waals surface area contributed by atoms with Crippen LogP contribution in [0.5, 0.6) is 0 Å². The summed E-state index contributed by atoms with van der Waals surface area (Å²) in [7, 11) is 1.75. The first-order valence-corrected chi connectivity index (χ1v) is 8.08. The van der Waals surface area contributed by atoms with Crippen molar-refractivity contribution in [3.05, 3.63) is 34.6 Å². The van der Waals surface area contributed by atoms with Crippen molar-refractivity contribution >= 4 is 17.6 Å². The molecule has 0 bridgehead atoms. The highest BCUT2D eigenvalue weighted by Gasteiger charge is 2.42. The van der Waals surface area contributed by atoms with Crippen molar-refractivity contribution < 1.29 is 9.13 Å². The van der Waals surface area contributed by atoms with Gasteiger partial charge in [0.25, 0.3) is 0 Å². The van der Waals surface area contributed by atoms with Crippen LogP contribution in [0.25, 0.3) is 0 Å². The van der Waals surface area contributed by atoms with Crippen molar-refractivity contribution in [1.29, 1.82) is 0 Å². The smallest absolute Gasteiger partial charge is 0.191 e. The summed E-state index contributed by atoms with van der Waals surface area (Å²) in [5, 5.41) is 7.28. The molecule has 1 heterocycles. The quantitative estimate of drug-likeness (QED) is 0.663. The van der Waals surface area contributed by atoms with Gasteiger partial charge in [0.15, 0.2) is 5.96 Å². The van der Waals surface area contributed by atoms with Crippen LogP contribution in [0.15, 0.2) is 23.2 Å². The van der Waals surface area contributed by atoms with E-state index in [1.54, 1.807) is 19.2 Å². The number of aliphatic imine (C=N–C) groups is 1. The number of halogens is 2. The Balaban J connectivity index is 1.57. The topological polar surface area (TPSA) is 45.7 Å². The van der Waals surface area contributed by atoms with Gasteiger partial charge < -0.3 is 15.4 Å². The van der Waals surface area contributed by atoms with Crippen molar-refractivity contribution in [3.63, 3.8) is 0 Å². The van der Waals surface area contributed by atoms with Crippen LogP contribution in [-0.2, 0) is 4.74 Å². The third-order valence-electron chi connectivity index (χ3n) is 4.27.